The van der Waals surface area contributed by atoms with Crippen LogP contribution in [0.1, 0.15) is 12.5 Å². The molecule has 23 saturated heterocycles. The summed E-state index contributed by atoms with van der Waals surface area (Å²) >= 11 is 12.7. The summed E-state index contributed by atoms with van der Waals surface area (Å²) in [6.07, 6.45) is -30.9. The molecule has 23 aliphatic rings. The van der Waals surface area contributed by atoms with Gasteiger partial charge in [0, 0.05) is 211 Å². The highest BCUT2D eigenvalue weighted by Crippen LogP contribution is 2.46. The predicted molar refractivity (Wildman–Crippen MR) is 467 cm³/mol. The molecule has 2 aromatic carbocycles. The maximum atomic E-state index is 11.6. The van der Waals surface area contributed by atoms with E-state index >= 15 is 0 Å². The predicted octanol–water partition coefficient (Wildman–Crippen LogP) is 2.71. The lowest BCUT2D eigenvalue weighted by atomic mass is 9.94. The molecule has 37 atom stereocenters. The summed E-state index contributed by atoms with van der Waals surface area (Å²) in [4.78, 5) is 19.8. The Kier molecular flexibility index (Phi) is 42.7. The molecule has 45 heteroatoms. The number of methoxy groups -OCH3 is 21. The summed E-state index contributed by atoms with van der Waals surface area (Å²) < 4.78 is 247. The minimum absolute atomic E-state index is 0.0381. The normalized spacial score (nSPS) is 39.6. The Hall–Kier alpha value is -4.18. The topological polar surface area (TPSA) is 392 Å². The number of ether oxygens (including phenoxy) is 38. The number of hydrogen-bond donors (Lipinski definition) is 0. The van der Waals surface area contributed by atoms with Crippen molar-refractivity contribution in [1.82, 2.24) is 14.5 Å². The Bertz CT molecular complexity index is 3460. The van der Waals surface area contributed by atoms with Crippen LogP contribution in [0.25, 0.3) is 0 Å². The summed E-state index contributed by atoms with van der Waals surface area (Å²) in [5.41, 5.74) is 1.82. The minimum Gasteiger partial charge on any atom is -0.491 e. The SMILES string of the molecule is CC(=O)N1CCN(c2ccc(OC[C@H]3CO[C@](Cn4ccnc4)(c4ccc(Cl)cc4Cl)O3)cc2)CC1.COC[C@H]1O[C@@H]2O[C@H]3[C@H](OC)[C@@H](OC)[C@@H](O[C@H]4[C@H](OC)[C@@H](OC)[C@@H](O[C@H]5[C@H](OC)[C@@H](OC)[C@@H](O[C@H]6[C@H](OC)[C@@H](OC)[C@@H](O[C@H]7[C@H](OC)[C@@H](OC)[C@@H](O[C@H]8[C@H](OC)[C@@H](OC)[C@@H](O[C@H]1[C@H](OC)[C@H]2OC)O[C@@H]8COC)O[C@@H]7COC)O[C@@H]6COC)O[C@@H]5COC)O[C@@H]4COC)O[C@@H]3COC. The van der Waals surface area contributed by atoms with Gasteiger partial charge in [-0.2, -0.15) is 0 Å². The van der Waals surface area contributed by atoms with Gasteiger partial charge in [0.05, 0.1) is 70.7 Å². The second-order valence-corrected chi connectivity index (χ2v) is 34.3. The molecule has 26 rings (SSSR count). The molecule has 0 unspecified atom stereocenters. The number of rotatable bonds is 35. The molecule has 0 spiro atoms. The molecule has 764 valence electrons. The fourth-order valence-corrected chi connectivity index (χ4v) is 20.0. The summed E-state index contributed by atoms with van der Waals surface area (Å²) in [5.74, 6) is -0.201. The molecule has 134 heavy (non-hydrogen) atoms. The third kappa shape index (κ3) is 24.8. The highest BCUT2D eigenvalue weighted by Gasteiger charge is 2.63. The van der Waals surface area contributed by atoms with E-state index in [2.05, 4.69) is 9.88 Å². The van der Waals surface area contributed by atoms with Crippen LogP contribution in [0.15, 0.2) is 61.2 Å². The van der Waals surface area contributed by atoms with Crippen molar-refractivity contribution in [3.8, 4) is 5.75 Å². The number of carbonyl (C=O) groups is 1. The van der Waals surface area contributed by atoms with E-state index in [0.29, 0.717) is 35.4 Å². The average molecular weight is 1960 g/mol. The van der Waals surface area contributed by atoms with Gasteiger partial charge in [0.25, 0.3) is 0 Å². The smallest absolute Gasteiger partial charge is 0.219 e. The van der Waals surface area contributed by atoms with Crippen LogP contribution in [-0.4, -0.2) is 476 Å². The molecule has 3 aromatic rings. The number of amides is 1. The van der Waals surface area contributed by atoms with Crippen LogP contribution in [0.3, 0.4) is 0 Å². The van der Waals surface area contributed by atoms with Crippen molar-refractivity contribution in [1.29, 1.82) is 0 Å². The van der Waals surface area contributed by atoms with E-state index in [1.54, 1.807) is 31.6 Å². The number of imidazole rings is 1. The van der Waals surface area contributed by atoms with Gasteiger partial charge in [0.15, 0.2) is 44.0 Å². The molecule has 14 bridgehead atoms. The van der Waals surface area contributed by atoms with Crippen molar-refractivity contribution in [2.45, 2.75) is 240 Å². The lowest BCUT2D eigenvalue weighted by molar-refractivity contribution is -0.402. The monoisotopic (exact) mass is 1960 g/mol. The zero-order chi connectivity index (χ0) is 96.0. The number of piperazine rings is 1. The van der Waals surface area contributed by atoms with Gasteiger partial charge >= 0.3 is 0 Å². The number of anilines is 1. The fraction of sp³-hybridized carbons (Fsp3) is 0.820. The number of hydrogen-bond acceptors (Lipinski definition) is 41. The van der Waals surface area contributed by atoms with Crippen molar-refractivity contribution < 1.29 is 185 Å². The number of nitrogens with zero attached hydrogens (tertiary/aromatic N) is 4. The van der Waals surface area contributed by atoms with E-state index in [9.17, 15) is 4.79 Å². The van der Waals surface area contributed by atoms with Crippen molar-refractivity contribution >= 4 is 34.8 Å². The van der Waals surface area contributed by atoms with Gasteiger partial charge in [-0.3, -0.25) is 4.79 Å². The minimum atomic E-state index is -1.22. The van der Waals surface area contributed by atoms with Gasteiger partial charge in [0.1, 0.15) is 189 Å². The van der Waals surface area contributed by atoms with E-state index in [1.165, 1.54) is 149 Å². The van der Waals surface area contributed by atoms with Gasteiger partial charge in [0.2, 0.25) is 11.7 Å². The van der Waals surface area contributed by atoms with Crippen molar-refractivity contribution in [3.05, 3.63) is 76.8 Å². The molecule has 24 heterocycles. The molecular formula is C89H140Cl2N4O39. The first-order chi connectivity index (χ1) is 65.1. The summed E-state index contributed by atoms with van der Waals surface area (Å²) in [6, 6.07) is 13.3. The highest BCUT2D eigenvalue weighted by molar-refractivity contribution is 6.35. The number of aromatic nitrogens is 2. The lowest BCUT2D eigenvalue weighted by Gasteiger charge is -2.52. The first kappa shape index (κ1) is 109. The lowest BCUT2D eigenvalue weighted by Crippen LogP contribution is -2.69. The van der Waals surface area contributed by atoms with Crippen LogP contribution in [0.5, 0.6) is 5.75 Å². The van der Waals surface area contributed by atoms with Crippen LogP contribution in [0.2, 0.25) is 10.0 Å². The molecule has 1 aromatic heterocycles. The molecule has 0 N–H and O–H groups in total. The van der Waals surface area contributed by atoms with Crippen molar-refractivity contribution in [3.63, 3.8) is 0 Å². The second-order valence-electron chi connectivity index (χ2n) is 33.5. The maximum absolute atomic E-state index is 11.6. The van der Waals surface area contributed by atoms with Crippen LogP contribution in [0.4, 0.5) is 5.69 Å². The van der Waals surface area contributed by atoms with Crippen molar-refractivity contribution in [2.75, 3.05) is 240 Å². The first-order valence-electron chi connectivity index (χ1n) is 44.6. The Morgan fingerprint density at radius 3 is 0.888 bits per heavy atom. The van der Waals surface area contributed by atoms with E-state index < -0.39 is 221 Å². The molecule has 23 fully saturated rings. The number of halogens is 2. The van der Waals surface area contributed by atoms with Crippen molar-refractivity contribution in [2.24, 2.45) is 0 Å². The van der Waals surface area contributed by atoms with E-state index in [4.69, 9.17) is 203 Å². The van der Waals surface area contributed by atoms with Crippen LogP contribution >= 0.6 is 23.2 Å². The van der Waals surface area contributed by atoms with Crippen LogP contribution in [-0.2, 0) is 192 Å². The van der Waals surface area contributed by atoms with Gasteiger partial charge < -0.3 is 194 Å². The molecule has 23 aliphatic heterocycles. The standard InChI is InChI=1S/C63H112O35.C26H28Cl2N4O4/c1-64-22-29-36-43(71-8)50(78-15)57(85-29)93-37-30(23-65-2)87-59(52(80-17)44(37)72-9)95-39-32(25-67-4)89-61(54(82-19)46(39)74-11)97-41-34(27-69-6)91-63(56(84-21)48(41)76-13)98-42-35(28-70-7)90-62(55(83-20)49(42)77-14)96-40-33(26-68-5)88-60(53(81-18)47(40)75-12)94-38-31(24-66-3)86-58(92-36)51(79-16)45(38)73-10;1-19(33)31-10-12-32(13-11-31)21-3-5-22(6-4-21)34-15-23-16-35-26(36-23,17-30-9-8-29-18-30)24-7-2-20(27)14-25(24)28/h29-63H,22-28H2,1-21H3;2-9,14,18,23H,10-13,15-17H2,1H3/t29-,30-,31-,32-,33-,34-,35-,36-,37-,38-,39-,40-,41-,42-,43+,44+,45+,46+,47+,48+,49+,50-,51-,52-,53-,54-,55-,56-,57-,58-,59-,60-,61-,62-,63-;23-,26-/m10/s1. The Morgan fingerprint density at radius 1 is 0.366 bits per heavy atom. The maximum Gasteiger partial charge on any atom is 0.219 e. The summed E-state index contributed by atoms with van der Waals surface area (Å²) in [5, 5.41) is 1.02. The second kappa shape index (κ2) is 52.7. The quantitative estimate of drug-likeness (QED) is 0.0817. The molecule has 1 amide bonds. The van der Waals surface area contributed by atoms with E-state index in [1.807, 2.05) is 46.0 Å². The molecule has 43 nitrogen and oxygen atoms in total. The Labute approximate surface area is 793 Å². The third-order valence-corrected chi connectivity index (χ3v) is 26.4. The van der Waals surface area contributed by atoms with Crippen LogP contribution < -0.4 is 9.64 Å². The van der Waals surface area contributed by atoms with Gasteiger partial charge in [-0.1, -0.05) is 29.3 Å². The molecule has 0 saturated carbocycles. The Morgan fingerprint density at radius 2 is 0.649 bits per heavy atom. The Balaban J connectivity index is 0.000000371. The highest BCUT2D eigenvalue weighted by atomic mass is 35.5. The molecule has 0 radical (unpaired) electrons. The third-order valence-electron chi connectivity index (χ3n) is 25.8. The van der Waals surface area contributed by atoms with Gasteiger partial charge in [-0.15, -0.1) is 0 Å². The zero-order valence-electron chi connectivity index (χ0n) is 80.4. The van der Waals surface area contributed by atoms with Gasteiger partial charge in [-0.25, -0.2) is 4.98 Å². The van der Waals surface area contributed by atoms with Gasteiger partial charge in [-0.05, 0) is 36.4 Å². The largest absolute Gasteiger partial charge is 0.491 e. The van der Waals surface area contributed by atoms with E-state index in [0.717, 1.165) is 37.6 Å². The molecule has 0 aliphatic carbocycles. The zero-order valence-corrected chi connectivity index (χ0v) is 81.9. The number of carbonyl (C=O) groups excluding carboxylic acids is 1. The average Bonchev–Trinajstić information content (AvgIpc) is 1.63. The number of benzene rings is 2. The first-order valence-corrected chi connectivity index (χ1v) is 45.3. The van der Waals surface area contributed by atoms with Crippen LogP contribution in [0, 0.1) is 0 Å². The van der Waals surface area contributed by atoms with E-state index in [-0.39, 0.29) is 58.3 Å². The summed E-state index contributed by atoms with van der Waals surface area (Å²) in [7, 11) is 31.7. The summed E-state index contributed by atoms with van der Waals surface area (Å²) in [6.45, 7) is 5.54. The fourth-order valence-electron chi connectivity index (χ4n) is 19.5. The molecular weight excluding hydrogens is 1820 g/mol.